The molecule has 0 aromatic carbocycles. The summed E-state index contributed by atoms with van der Waals surface area (Å²) in [6.07, 6.45) is 0. The molecule has 1 saturated heterocycles. The molecule has 3 N–H and O–H groups in total. The van der Waals surface area contributed by atoms with Gasteiger partial charge in [-0.05, 0) is 0 Å². The molecule has 4 unspecified atom stereocenters. The standard InChI is InChI=1S/C8H7N3O3/c9-5-1-3(7(12)11-5)2-4(1)8(13)14-6(2)10/h1-4,10H,(H2,9,11,12). The van der Waals surface area contributed by atoms with Crippen LogP contribution in [-0.2, 0) is 14.3 Å². The number of nitrogens with one attached hydrogen (secondary N) is 1. The van der Waals surface area contributed by atoms with Crippen LogP contribution >= 0.6 is 0 Å². The third kappa shape index (κ3) is 0.604. The predicted octanol–water partition coefficient (Wildman–Crippen LogP) is -1.10. The van der Waals surface area contributed by atoms with E-state index in [1.165, 1.54) is 0 Å². The van der Waals surface area contributed by atoms with E-state index in [1.807, 2.05) is 0 Å². The van der Waals surface area contributed by atoms with Crippen LogP contribution in [0.25, 0.3) is 0 Å². The normalized spacial score (nSPS) is 44.0. The third-order valence-electron chi connectivity index (χ3n) is 3.20. The van der Waals surface area contributed by atoms with Crippen LogP contribution in [0.2, 0.25) is 0 Å². The van der Waals surface area contributed by atoms with Gasteiger partial charge in [-0.2, -0.15) is 0 Å². The molecule has 6 nitrogen and oxygen atoms in total. The fourth-order valence-corrected chi connectivity index (χ4v) is 2.56. The molecule has 14 heavy (non-hydrogen) atoms. The van der Waals surface area contributed by atoms with Crippen LogP contribution in [0.5, 0.6) is 0 Å². The molecule has 0 bridgehead atoms. The van der Waals surface area contributed by atoms with Gasteiger partial charge < -0.3 is 10.5 Å². The van der Waals surface area contributed by atoms with Gasteiger partial charge in [0.15, 0.2) is 5.90 Å². The maximum absolute atomic E-state index is 11.3. The number of hydrogen-bond acceptors (Lipinski definition) is 5. The van der Waals surface area contributed by atoms with Gasteiger partial charge in [0.05, 0.1) is 17.8 Å². The first-order chi connectivity index (χ1) is 6.61. The van der Waals surface area contributed by atoms with Crippen molar-refractivity contribution >= 4 is 23.6 Å². The smallest absolute Gasteiger partial charge is 0.317 e. The van der Waals surface area contributed by atoms with Gasteiger partial charge in [-0.1, -0.05) is 0 Å². The maximum Gasteiger partial charge on any atom is 0.317 e. The monoisotopic (exact) mass is 193 g/mol. The number of cyclic esters (lactones) is 1. The Morgan fingerprint density at radius 2 is 1.93 bits per heavy atom. The number of aliphatic imine (C=N–C) groups is 1. The van der Waals surface area contributed by atoms with Crippen molar-refractivity contribution in [3.05, 3.63) is 0 Å². The number of ether oxygens (including phenoxy) is 1. The van der Waals surface area contributed by atoms with Gasteiger partial charge in [-0.25, -0.2) is 4.99 Å². The van der Waals surface area contributed by atoms with Crippen molar-refractivity contribution in [3.8, 4) is 0 Å². The Morgan fingerprint density at radius 1 is 1.21 bits per heavy atom. The Bertz CT molecular complexity index is 414. The van der Waals surface area contributed by atoms with Crippen molar-refractivity contribution in [3.63, 3.8) is 0 Å². The second-order valence-corrected chi connectivity index (χ2v) is 3.76. The van der Waals surface area contributed by atoms with E-state index in [0.717, 1.165) is 0 Å². The second-order valence-electron chi connectivity index (χ2n) is 3.76. The summed E-state index contributed by atoms with van der Waals surface area (Å²) in [6, 6.07) is 0. The Morgan fingerprint density at radius 3 is 2.64 bits per heavy atom. The Labute approximate surface area is 78.6 Å². The van der Waals surface area contributed by atoms with Crippen molar-refractivity contribution in [1.82, 2.24) is 0 Å². The first-order valence-electron chi connectivity index (χ1n) is 4.29. The molecule has 4 atom stereocenters. The summed E-state index contributed by atoms with van der Waals surface area (Å²) in [4.78, 5) is 26.2. The van der Waals surface area contributed by atoms with Gasteiger partial charge in [-0.15, -0.1) is 0 Å². The first kappa shape index (κ1) is 7.66. The second kappa shape index (κ2) is 2.02. The van der Waals surface area contributed by atoms with Crippen molar-refractivity contribution < 1.29 is 14.3 Å². The molecular weight excluding hydrogens is 186 g/mol. The van der Waals surface area contributed by atoms with Gasteiger partial charge in [0, 0.05) is 5.92 Å². The summed E-state index contributed by atoms with van der Waals surface area (Å²) in [5, 5.41) is 7.39. The molecule has 2 aliphatic heterocycles. The SMILES string of the molecule is N=C1OC(=O)C2C1C1C(=O)N=C(N)C12. The molecule has 1 saturated carbocycles. The number of hydrogen-bond donors (Lipinski definition) is 2. The molecule has 3 rings (SSSR count). The summed E-state index contributed by atoms with van der Waals surface area (Å²) in [5.74, 6) is -2.26. The number of nitrogens with zero attached hydrogens (tertiary/aromatic N) is 1. The van der Waals surface area contributed by atoms with Crippen LogP contribution in [0.3, 0.4) is 0 Å². The Balaban J connectivity index is 2.03. The van der Waals surface area contributed by atoms with E-state index in [4.69, 9.17) is 11.1 Å². The fraction of sp³-hybridized carbons (Fsp3) is 0.500. The van der Waals surface area contributed by atoms with Crippen LogP contribution in [0.15, 0.2) is 4.99 Å². The van der Waals surface area contributed by atoms with E-state index >= 15 is 0 Å². The summed E-state index contributed by atoms with van der Waals surface area (Å²) >= 11 is 0. The van der Waals surface area contributed by atoms with Gasteiger partial charge >= 0.3 is 5.97 Å². The van der Waals surface area contributed by atoms with Crippen molar-refractivity contribution in [2.45, 2.75) is 0 Å². The minimum atomic E-state index is -0.450. The lowest BCUT2D eigenvalue weighted by atomic mass is 9.58. The summed E-state index contributed by atoms with van der Waals surface area (Å²) in [5.41, 5.74) is 5.52. The minimum Gasteiger partial charge on any atom is -0.412 e. The average Bonchev–Trinajstić information content (AvgIpc) is 2.31. The molecule has 0 aromatic rings. The molecule has 1 aliphatic carbocycles. The molecular formula is C8H7N3O3. The highest BCUT2D eigenvalue weighted by atomic mass is 16.6. The van der Waals surface area contributed by atoms with Gasteiger partial charge in [-0.3, -0.25) is 15.0 Å². The van der Waals surface area contributed by atoms with E-state index in [-0.39, 0.29) is 23.6 Å². The van der Waals surface area contributed by atoms with E-state index < -0.39 is 23.7 Å². The molecule has 0 aromatic heterocycles. The lowest BCUT2D eigenvalue weighted by Crippen LogP contribution is -2.52. The van der Waals surface area contributed by atoms with Gasteiger partial charge in [0.1, 0.15) is 5.84 Å². The lowest BCUT2D eigenvalue weighted by molar-refractivity contribution is -0.144. The predicted molar refractivity (Wildman–Crippen MR) is 44.4 cm³/mol. The number of carbonyl (C=O) groups excluding carboxylic acids is 2. The Hall–Kier alpha value is -1.72. The zero-order chi connectivity index (χ0) is 10.0. The molecule has 2 fully saturated rings. The molecule has 3 aliphatic rings. The van der Waals surface area contributed by atoms with Crippen LogP contribution < -0.4 is 5.73 Å². The van der Waals surface area contributed by atoms with E-state index in [1.54, 1.807) is 0 Å². The first-order valence-corrected chi connectivity index (χ1v) is 4.29. The van der Waals surface area contributed by atoms with Crippen LogP contribution in [0, 0.1) is 29.1 Å². The summed E-state index contributed by atoms with van der Waals surface area (Å²) < 4.78 is 4.66. The topological polar surface area (TPSA) is 106 Å². The van der Waals surface area contributed by atoms with Crippen LogP contribution in [-0.4, -0.2) is 23.6 Å². The van der Waals surface area contributed by atoms with Crippen molar-refractivity contribution in [1.29, 1.82) is 5.41 Å². The van der Waals surface area contributed by atoms with Crippen molar-refractivity contribution in [2.24, 2.45) is 34.4 Å². The Kier molecular flexibility index (Phi) is 1.11. The molecule has 0 spiro atoms. The average molecular weight is 193 g/mol. The maximum atomic E-state index is 11.3. The highest BCUT2D eigenvalue weighted by Gasteiger charge is 2.67. The third-order valence-corrected chi connectivity index (χ3v) is 3.20. The zero-order valence-electron chi connectivity index (χ0n) is 7.06. The molecule has 2 heterocycles. The van der Waals surface area contributed by atoms with E-state index in [9.17, 15) is 9.59 Å². The molecule has 1 amide bonds. The molecule has 6 heteroatoms. The highest BCUT2D eigenvalue weighted by Crippen LogP contribution is 2.53. The summed E-state index contributed by atoms with van der Waals surface area (Å²) in [7, 11) is 0. The van der Waals surface area contributed by atoms with Crippen LogP contribution in [0.4, 0.5) is 0 Å². The number of nitrogens with two attached hydrogens (primary N) is 1. The van der Waals surface area contributed by atoms with Crippen LogP contribution in [0.1, 0.15) is 0 Å². The van der Waals surface area contributed by atoms with Gasteiger partial charge in [0.25, 0.3) is 5.91 Å². The fourth-order valence-electron chi connectivity index (χ4n) is 2.56. The number of carbonyl (C=O) groups is 2. The number of rotatable bonds is 0. The number of esters is 1. The zero-order valence-corrected chi connectivity index (χ0v) is 7.06. The highest BCUT2D eigenvalue weighted by molar-refractivity contribution is 6.14. The quantitative estimate of drug-likeness (QED) is 0.476. The molecule has 72 valence electrons. The van der Waals surface area contributed by atoms with E-state index in [2.05, 4.69) is 9.73 Å². The molecule has 0 radical (unpaired) electrons. The number of amides is 1. The summed E-state index contributed by atoms with van der Waals surface area (Å²) in [6.45, 7) is 0. The van der Waals surface area contributed by atoms with Gasteiger partial charge in [0.2, 0.25) is 0 Å². The van der Waals surface area contributed by atoms with E-state index in [0.29, 0.717) is 0 Å². The number of fused-ring (bicyclic) bond motifs is 4. The van der Waals surface area contributed by atoms with Crippen molar-refractivity contribution in [2.75, 3.05) is 0 Å². The lowest BCUT2D eigenvalue weighted by Gasteiger charge is -2.38. The minimum absolute atomic E-state index is 0.112. The number of amidine groups is 1. The largest absolute Gasteiger partial charge is 0.412 e.